The van der Waals surface area contributed by atoms with Gasteiger partial charge in [0.2, 0.25) is 0 Å². The van der Waals surface area contributed by atoms with E-state index in [-0.39, 0.29) is 5.92 Å². The van der Waals surface area contributed by atoms with Crippen molar-refractivity contribution in [3.8, 4) is 39.1 Å². The Morgan fingerprint density at radius 2 is 0.922 bits per heavy atom. The smallest absolute Gasteiger partial charge is 0.0541 e. The normalized spacial score (nSPS) is 13.7. The summed E-state index contributed by atoms with van der Waals surface area (Å²) in [7, 11) is 0. The van der Waals surface area contributed by atoms with Crippen LogP contribution in [0.5, 0.6) is 0 Å². The largest absolute Gasteiger partial charge is 0.355 e. The molecular weight excluding hydrogens is 617 g/mol. The van der Waals surface area contributed by atoms with Gasteiger partial charge in [0.25, 0.3) is 0 Å². The first kappa shape index (κ1) is 28.2. The molecule has 10 aromatic rings. The number of aromatic amines is 1. The van der Waals surface area contributed by atoms with Gasteiger partial charge >= 0.3 is 0 Å². The van der Waals surface area contributed by atoms with Gasteiger partial charge in [0.15, 0.2) is 0 Å². The van der Waals surface area contributed by atoms with Crippen molar-refractivity contribution in [3.05, 3.63) is 199 Å². The van der Waals surface area contributed by atoms with Gasteiger partial charge in [0, 0.05) is 44.2 Å². The summed E-state index contributed by atoms with van der Waals surface area (Å²) >= 11 is 0. The molecule has 0 saturated heterocycles. The number of hydrogen-bond donors (Lipinski definition) is 1. The summed E-state index contributed by atoms with van der Waals surface area (Å²) in [4.78, 5) is 3.69. The van der Waals surface area contributed by atoms with E-state index in [2.05, 4.69) is 192 Å². The highest BCUT2D eigenvalue weighted by atomic mass is 15.0. The number of rotatable bonds is 4. The van der Waals surface area contributed by atoms with Crippen LogP contribution in [0.2, 0.25) is 0 Å². The molecule has 2 nitrogen and oxygen atoms in total. The molecule has 2 heterocycles. The Morgan fingerprint density at radius 3 is 1.69 bits per heavy atom. The lowest BCUT2D eigenvalue weighted by Crippen LogP contribution is -1.98. The Labute approximate surface area is 295 Å². The molecule has 0 aliphatic heterocycles. The molecule has 0 bridgehead atoms. The predicted octanol–water partition coefficient (Wildman–Crippen LogP) is 12.9. The van der Waals surface area contributed by atoms with Gasteiger partial charge in [-0.15, -0.1) is 0 Å². The van der Waals surface area contributed by atoms with Crippen molar-refractivity contribution in [3.63, 3.8) is 0 Å². The zero-order valence-electron chi connectivity index (χ0n) is 27.8. The van der Waals surface area contributed by atoms with E-state index in [0.29, 0.717) is 0 Å². The fraction of sp³-hybridized carbons (Fsp3) is 0.0204. The highest BCUT2D eigenvalue weighted by Gasteiger charge is 2.29. The Hall–Kier alpha value is -6.64. The van der Waals surface area contributed by atoms with Gasteiger partial charge < -0.3 is 9.55 Å². The average Bonchev–Trinajstić information content (AvgIpc) is 3.85. The van der Waals surface area contributed by atoms with Crippen LogP contribution in [0.15, 0.2) is 182 Å². The van der Waals surface area contributed by atoms with Gasteiger partial charge in [-0.05, 0) is 111 Å². The lowest BCUT2D eigenvalue weighted by Gasteiger charge is -2.14. The second kappa shape index (κ2) is 10.9. The van der Waals surface area contributed by atoms with Gasteiger partial charge in [-0.1, -0.05) is 121 Å². The molecule has 0 spiro atoms. The molecule has 0 amide bonds. The summed E-state index contributed by atoms with van der Waals surface area (Å²) < 4.78 is 2.37. The molecule has 11 rings (SSSR count). The van der Waals surface area contributed by atoms with Crippen LogP contribution in [0.3, 0.4) is 0 Å². The van der Waals surface area contributed by atoms with E-state index < -0.39 is 0 Å². The zero-order chi connectivity index (χ0) is 33.5. The fourth-order valence-electron chi connectivity index (χ4n) is 8.65. The van der Waals surface area contributed by atoms with Crippen LogP contribution in [0, 0.1) is 0 Å². The third-order valence-electron chi connectivity index (χ3n) is 11.0. The van der Waals surface area contributed by atoms with Crippen molar-refractivity contribution in [1.29, 1.82) is 0 Å². The molecular formula is C49H32N2. The fourth-order valence-corrected chi connectivity index (χ4v) is 8.65. The monoisotopic (exact) mass is 648 g/mol. The van der Waals surface area contributed by atoms with E-state index in [1.807, 2.05) is 0 Å². The number of para-hydroxylation sites is 2. The lowest BCUT2D eigenvalue weighted by molar-refractivity contribution is 1.02. The number of benzene rings is 8. The van der Waals surface area contributed by atoms with Crippen molar-refractivity contribution in [1.82, 2.24) is 9.55 Å². The minimum Gasteiger partial charge on any atom is -0.355 e. The lowest BCUT2D eigenvalue weighted by atomic mass is 9.89. The quantitative estimate of drug-likeness (QED) is 0.196. The Bertz CT molecular complexity index is 2960. The van der Waals surface area contributed by atoms with Crippen LogP contribution in [0.4, 0.5) is 0 Å². The van der Waals surface area contributed by atoms with Gasteiger partial charge in [-0.25, -0.2) is 0 Å². The molecule has 0 saturated carbocycles. The van der Waals surface area contributed by atoms with Crippen molar-refractivity contribution >= 4 is 43.6 Å². The molecule has 51 heavy (non-hydrogen) atoms. The Morgan fingerprint density at radius 1 is 0.373 bits per heavy atom. The van der Waals surface area contributed by atoms with Crippen molar-refractivity contribution in [2.24, 2.45) is 0 Å². The molecule has 1 atom stereocenters. The summed E-state index contributed by atoms with van der Waals surface area (Å²) in [5.41, 5.74) is 17.6. The second-order valence-corrected chi connectivity index (χ2v) is 13.8. The Kier molecular flexibility index (Phi) is 6.05. The van der Waals surface area contributed by atoms with E-state index in [9.17, 15) is 0 Å². The first-order valence-electron chi connectivity index (χ1n) is 17.7. The van der Waals surface area contributed by atoms with Crippen molar-refractivity contribution in [2.75, 3.05) is 0 Å². The topological polar surface area (TPSA) is 20.7 Å². The van der Waals surface area contributed by atoms with Crippen LogP contribution in [-0.2, 0) is 0 Å². The summed E-state index contributed by atoms with van der Waals surface area (Å²) in [5.74, 6) is 0.259. The SMILES string of the molecule is c1ccc(C2c3ccccc3-c3cc(-c4ccc5[nH]c6ccc(-c7ccc8c(c7)c7ccccc7n8-c7ccccc7)cc6c5c4)ccc32)cc1. The van der Waals surface area contributed by atoms with E-state index in [0.717, 1.165) is 11.0 Å². The first-order chi connectivity index (χ1) is 25.3. The number of H-pyrrole nitrogens is 1. The third kappa shape index (κ3) is 4.30. The van der Waals surface area contributed by atoms with Crippen molar-refractivity contribution in [2.45, 2.75) is 5.92 Å². The molecule has 2 aromatic heterocycles. The van der Waals surface area contributed by atoms with Crippen molar-refractivity contribution < 1.29 is 0 Å². The number of fused-ring (bicyclic) bond motifs is 9. The van der Waals surface area contributed by atoms with E-state index in [1.54, 1.807) is 0 Å². The van der Waals surface area contributed by atoms with E-state index in [4.69, 9.17) is 0 Å². The first-order valence-corrected chi connectivity index (χ1v) is 17.7. The molecule has 0 fully saturated rings. The summed E-state index contributed by atoms with van der Waals surface area (Å²) in [6, 6.07) is 66.9. The van der Waals surface area contributed by atoms with Gasteiger partial charge in [0.1, 0.15) is 0 Å². The van der Waals surface area contributed by atoms with Crippen LogP contribution < -0.4 is 0 Å². The molecule has 0 radical (unpaired) electrons. The second-order valence-electron chi connectivity index (χ2n) is 13.8. The molecule has 1 unspecified atom stereocenters. The maximum absolute atomic E-state index is 3.69. The number of aromatic nitrogens is 2. The molecule has 8 aromatic carbocycles. The van der Waals surface area contributed by atoms with Crippen LogP contribution in [0.25, 0.3) is 82.7 Å². The van der Waals surface area contributed by atoms with Gasteiger partial charge in [-0.2, -0.15) is 0 Å². The predicted molar refractivity (Wildman–Crippen MR) is 214 cm³/mol. The van der Waals surface area contributed by atoms with Gasteiger partial charge in [-0.3, -0.25) is 0 Å². The number of hydrogen-bond acceptors (Lipinski definition) is 0. The standard InChI is InChI=1S/C49H32N2/c1-3-11-31(12-4-1)49-39-17-8-7-15-37(39)41-27-32(19-23-40(41)49)33-20-24-45-42(28-33)43-29-34(21-25-46(43)50-45)35-22-26-48-44(30-35)38-16-9-10-18-47(38)51(48)36-13-5-2-6-14-36/h1-30,49-50H. The van der Waals surface area contributed by atoms with Crippen LogP contribution in [0.1, 0.15) is 22.6 Å². The van der Waals surface area contributed by atoms with Crippen LogP contribution in [-0.4, -0.2) is 9.55 Å². The highest BCUT2D eigenvalue weighted by Crippen LogP contribution is 2.49. The van der Waals surface area contributed by atoms with E-state index in [1.165, 1.54) is 88.3 Å². The number of nitrogens with one attached hydrogen (secondary N) is 1. The average molecular weight is 649 g/mol. The van der Waals surface area contributed by atoms with E-state index >= 15 is 0 Å². The summed E-state index contributed by atoms with van der Waals surface area (Å²) in [5, 5.41) is 5.02. The van der Waals surface area contributed by atoms with Gasteiger partial charge in [0.05, 0.1) is 11.0 Å². The molecule has 2 heteroatoms. The summed E-state index contributed by atoms with van der Waals surface area (Å²) in [6.07, 6.45) is 0. The maximum atomic E-state index is 3.69. The summed E-state index contributed by atoms with van der Waals surface area (Å²) in [6.45, 7) is 0. The minimum atomic E-state index is 0.259. The minimum absolute atomic E-state index is 0.259. The number of nitrogens with zero attached hydrogens (tertiary/aromatic N) is 1. The van der Waals surface area contributed by atoms with Crippen LogP contribution >= 0.6 is 0 Å². The maximum Gasteiger partial charge on any atom is 0.0541 e. The molecule has 238 valence electrons. The zero-order valence-corrected chi connectivity index (χ0v) is 27.8. The third-order valence-corrected chi connectivity index (χ3v) is 11.0. The highest BCUT2D eigenvalue weighted by molar-refractivity contribution is 6.12. The Balaban J connectivity index is 1.02. The molecule has 1 N–H and O–H groups in total. The molecule has 1 aliphatic carbocycles. The molecule has 1 aliphatic rings.